The molecule has 0 aliphatic carbocycles. The average Bonchev–Trinajstić information content (AvgIpc) is 2.17. The van der Waals surface area contributed by atoms with Crippen molar-refractivity contribution >= 4 is 5.97 Å². The monoisotopic (exact) mass is 196 g/mol. The van der Waals surface area contributed by atoms with Crippen molar-refractivity contribution < 1.29 is 14.6 Å². The van der Waals surface area contributed by atoms with E-state index in [1.807, 2.05) is 6.92 Å². The molecule has 0 bridgehead atoms. The Morgan fingerprint density at radius 3 is 2.86 bits per heavy atom. The topological polar surface area (TPSA) is 72.3 Å². The summed E-state index contributed by atoms with van der Waals surface area (Å²) in [6, 6.07) is 0. The summed E-state index contributed by atoms with van der Waals surface area (Å²) in [7, 11) is 1.39. The third-order valence-electron chi connectivity index (χ3n) is 1.70. The molecule has 1 aromatic heterocycles. The van der Waals surface area contributed by atoms with Gasteiger partial charge in [0, 0.05) is 12.6 Å². The van der Waals surface area contributed by atoms with E-state index in [4.69, 9.17) is 9.84 Å². The number of carbonyl (C=O) groups is 1. The van der Waals surface area contributed by atoms with Crippen LogP contribution >= 0.6 is 0 Å². The number of methoxy groups -OCH3 is 1. The fourth-order valence-electron chi connectivity index (χ4n) is 1.05. The third kappa shape index (κ3) is 2.18. The number of rotatable bonds is 4. The molecule has 0 unspecified atom stereocenters. The van der Waals surface area contributed by atoms with Gasteiger partial charge in [0.15, 0.2) is 0 Å². The highest BCUT2D eigenvalue weighted by Crippen LogP contribution is 2.14. The lowest BCUT2D eigenvalue weighted by atomic mass is 10.3. The lowest BCUT2D eigenvalue weighted by molar-refractivity contribution is 0.0692. The van der Waals surface area contributed by atoms with Gasteiger partial charge in [-0.25, -0.2) is 9.78 Å². The van der Waals surface area contributed by atoms with Crippen LogP contribution < -0.4 is 4.74 Å². The second kappa shape index (κ2) is 4.55. The van der Waals surface area contributed by atoms with Crippen LogP contribution in [0.1, 0.15) is 29.5 Å². The Bertz CT molecular complexity index is 339. The molecular formula is C9H12N2O3. The van der Waals surface area contributed by atoms with Gasteiger partial charge in [0.1, 0.15) is 11.4 Å². The molecule has 1 heterocycles. The summed E-state index contributed by atoms with van der Waals surface area (Å²) in [6.07, 6.45) is 2.91. The van der Waals surface area contributed by atoms with Gasteiger partial charge in [0.25, 0.3) is 0 Å². The van der Waals surface area contributed by atoms with Gasteiger partial charge in [-0.05, 0) is 6.42 Å². The van der Waals surface area contributed by atoms with Gasteiger partial charge < -0.3 is 9.84 Å². The Morgan fingerprint density at radius 1 is 1.64 bits per heavy atom. The molecule has 5 heteroatoms. The first-order valence-electron chi connectivity index (χ1n) is 4.32. The molecule has 1 rings (SSSR count). The minimum atomic E-state index is -1.08. The smallest absolute Gasteiger partial charge is 0.342 e. The van der Waals surface area contributed by atoms with Crippen LogP contribution in [-0.2, 0) is 6.42 Å². The summed E-state index contributed by atoms with van der Waals surface area (Å²) in [4.78, 5) is 18.6. The summed E-state index contributed by atoms with van der Waals surface area (Å²) in [5.41, 5.74) is -0.00708. The van der Waals surface area contributed by atoms with Gasteiger partial charge >= 0.3 is 5.97 Å². The van der Waals surface area contributed by atoms with Crippen LogP contribution in [0.4, 0.5) is 0 Å². The maximum absolute atomic E-state index is 10.7. The van der Waals surface area contributed by atoms with Gasteiger partial charge in [-0.15, -0.1) is 0 Å². The van der Waals surface area contributed by atoms with Crippen molar-refractivity contribution in [1.82, 2.24) is 9.97 Å². The maximum Gasteiger partial charge on any atom is 0.342 e. The number of aryl methyl sites for hydroxylation is 1. The predicted molar refractivity (Wildman–Crippen MR) is 49.5 cm³/mol. The van der Waals surface area contributed by atoms with E-state index in [2.05, 4.69) is 9.97 Å². The van der Waals surface area contributed by atoms with E-state index in [1.165, 1.54) is 13.3 Å². The number of aromatic carboxylic acids is 1. The first kappa shape index (κ1) is 10.4. The van der Waals surface area contributed by atoms with Crippen molar-refractivity contribution in [3.63, 3.8) is 0 Å². The van der Waals surface area contributed by atoms with E-state index < -0.39 is 5.97 Å². The van der Waals surface area contributed by atoms with Crippen molar-refractivity contribution in [2.24, 2.45) is 0 Å². The third-order valence-corrected chi connectivity index (χ3v) is 1.70. The Kier molecular flexibility index (Phi) is 3.39. The maximum atomic E-state index is 10.7. The molecular weight excluding hydrogens is 184 g/mol. The number of carboxylic acid groups (broad SMARTS) is 1. The van der Waals surface area contributed by atoms with E-state index in [1.54, 1.807) is 0 Å². The molecule has 1 aromatic rings. The number of nitrogens with zero attached hydrogens (tertiary/aromatic N) is 2. The van der Waals surface area contributed by atoms with Gasteiger partial charge in [-0.2, -0.15) is 4.98 Å². The van der Waals surface area contributed by atoms with E-state index in [9.17, 15) is 4.79 Å². The molecule has 0 radical (unpaired) electrons. The van der Waals surface area contributed by atoms with Gasteiger partial charge in [0.2, 0.25) is 5.88 Å². The Hall–Kier alpha value is -1.65. The van der Waals surface area contributed by atoms with Crippen molar-refractivity contribution in [3.05, 3.63) is 17.6 Å². The molecule has 0 aliphatic rings. The quantitative estimate of drug-likeness (QED) is 0.781. The van der Waals surface area contributed by atoms with E-state index in [-0.39, 0.29) is 11.4 Å². The van der Waals surface area contributed by atoms with Crippen LogP contribution in [0.2, 0.25) is 0 Å². The molecule has 0 aliphatic heterocycles. The predicted octanol–water partition coefficient (Wildman–Crippen LogP) is 1.14. The van der Waals surface area contributed by atoms with Crippen LogP contribution in [0, 0.1) is 0 Å². The SMILES string of the molecule is CCCc1ncc(C(=O)O)c(OC)n1. The second-order valence-electron chi connectivity index (χ2n) is 2.76. The lowest BCUT2D eigenvalue weighted by Gasteiger charge is -2.04. The molecule has 14 heavy (non-hydrogen) atoms. The van der Waals surface area contributed by atoms with Gasteiger partial charge in [-0.3, -0.25) is 0 Å². The van der Waals surface area contributed by atoms with Crippen LogP contribution in [0.5, 0.6) is 5.88 Å². The highest BCUT2D eigenvalue weighted by Gasteiger charge is 2.13. The Balaban J connectivity index is 3.05. The first-order chi connectivity index (χ1) is 6.69. The summed E-state index contributed by atoms with van der Waals surface area (Å²) in [5, 5.41) is 8.76. The number of hydrogen-bond acceptors (Lipinski definition) is 4. The summed E-state index contributed by atoms with van der Waals surface area (Å²) >= 11 is 0. The van der Waals surface area contributed by atoms with Crippen molar-refractivity contribution in [1.29, 1.82) is 0 Å². The summed E-state index contributed by atoms with van der Waals surface area (Å²) in [5.74, 6) is -0.352. The second-order valence-corrected chi connectivity index (χ2v) is 2.76. The minimum absolute atomic E-state index is 0.00708. The largest absolute Gasteiger partial charge is 0.480 e. The highest BCUT2D eigenvalue weighted by molar-refractivity contribution is 5.89. The Labute approximate surface area is 81.8 Å². The highest BCUT2D eigenvalue weighted by atomic mass is 16.5. The Morgan fingerprint density at radius 2 is 2.36 bits per heavy atom. The number of carboxylic acids is 1. The zero-order valence-corrected chi connectivity index (χ0v) is 8.15. The molecule has 0 saturated carbocycles. The summed E-state index contributed by atoms with van der Waals surface area (Å²) < 4.78 is 4.86. The van der Waals surface area contributed by atoms with Crippen LogP contribution in [-0.4, -0.2) is 28.2 Å². The zero-order valence-electron chi connectivity index (χ0n) is 8.15. The van der Waals surface area contributed by atoms with Gasteiger partial charge in [0.05, 0.1) is 7.11 Å². The van der Waals surface area contributed by atoms with Gasteiger partial charge in [-0.1, -0.05) is 6.92 Å². The molecule has 0 spiro atoms. The molecule has 0 fully saturated rings. The number of ether oxygens (including phenoxy) is 1. The average molecular weight is 196 g/mol. The van der Waals surface area contributed by atoms with Crippen molar-refractivity contribution in [3.8, 4) is 5.88 Å². The summed E-state index contributed by atoms with van der Waals surface area (Å²) in [6.45, 7) is 2.00. The molecule has 0 atom stereocenters. The van der Waals surface area contributed by atoms with Crippen molar-refractivity contribution in [2.75, 3.05) is 7.11 Å². The normalized spacial score (nSPS) is 9.86. The number of hydrogen-bond donors (Lipinski definition) is 1. The molecule has 0 saturated heterocycles. The molecule has 0 amide bonds. The van der Waals surface area contributed by atoms with E-state index in [0.717, 1.165) is 12.8 Å². The molecule has 0 aromatic carbocycles. The fraction of sp³-hybridized carbons (Fsp3) is 0.444. The zero-order chi connectivity index (χ0) is 10.6. The molecule has 76 valence electrons. The first-order valence-corrected chi connectivity index (χ1v) is 4.32. The van der Waals surface area contributed by atoms with Crippen LogP contribution in [0.3, 0.4) is 0 Å². The van der Waals surface area contributed by atoms with Crippen molar-refractivity contribution in [2.45, 2.75) is 19.8 Å². The van der Waals surface area contributed by atoms with E-state index in [0.29, 0.717) is 5.82 Å². The lowest BCUT2D eigenvalue weighted by Crippen LogP contribution is -2.06. The van der Waals surface area contributed by atoms with E-state index >= 15 is 0 Å². The standard InChI is InChI=1S/C9H12N2O3/c1-3-4-7-10-5-6(9(12)13)8(11-7)14-2/h5H,3-4H2,1-2H3,(H,12,13). The fourth-order valence-corrected chi connectivity index (χ4v) is 1.05. The van der Waals surface area contributed by atoms with Crippen LogP contribution in [0.25, 0.3) is 0 Å². The van der Waals surface area contributed by atoms with Crippen LogP contribution in [0.15, 0.2) is 6.20 Å². The number of aromatic nitrogens is 2. The minimum Gasteiger partial charge on any atom is -0.480 e. The molecule has 5 nitrogen and oxygen atoms in total. The molecule has 1 N–H and O–H groups in total.